The molecule has 1 fully saturated rings. The summed E-state index contributed by atoms with van der Waals surface area (Å²) in [5, 5.41) is 3.24. The van der Waals surface area contributed by atoms with Crippen LogP contribution in [0.2, 0.25) is 0 Å². The molecule has 0 spiro atoms. The van der Waals surface area contributed by atoms with E-state index in [4.69, 9.17) is 9.47 Å². The minimum Gasteiger partial charge on any atom is -0.497 e. The summed E-state index contributed by atoms with van der Waals surface area (Å²) >= 11 is 0. The second-order valence-electron chi connectivity index (χ2n) is 3.45. The molecule has 14 heavy (non-hydrogen) atoms. The van der Waals surface area contributed by atoms with Crippen molar-refractivity contribution in [3.8, 4) is 5.75 Å². The summed E-state index contributed by atoms with van der Waals surface area (Å²) in [6.07, 6.45) is 0.331. The van der Waals surface area contributed by atoms with Crippen LogP contribution in [0.3, 0.4) is 0 Å². The van der Waals surface area contributed by atoms with E-state index in [1.807, 2.05) is 31.2 Å². The Bertz CT molecular complexity index is 297. The van der Waals surface area contributed by atoms with Crippen LogP contribution in [0.25, 0.3) is 0 Å². The Morgan fingerprint density at radius 3 is 2.57 bits per heavy atom. The summed E-state index contributed by atoms with van der Waals surface area (Å²) in [5.74, 6) is 0.882. The Morgan fingerprint density at radius 1 is 1.36 bits per heavy atom. The molecular formula is C11H15NO2. The lowest BCUT2D eigenvalue weighted by Crippen LogP contribution is -2.17. The molecular weight excluding hydrogens is 178 g/mol. The quantitative estimate of drug-likeness (QED) is 0.775. The molecule has 0 saturated carbocycles. The lowest BCUT2D eigenvalue weighted by molar-refractivity contribution is 0.0529. The van der Waals surface area contributed by atoms with E-state index in [0.29, 0.717) is 0 Å². The Labute approximate surface area is 84.0 Å². The van der Waals surface area contributed by atoms with Gasteiger partial charge in [-0.15, -0.1) is 0 Å². The molecule has 3 heteroatoms. The van der Waals surface area contributed by atoms with Gasteiger partial charge in [-0.25, -0.2) is 0 Å². The summed E-state index contributed by atoms with van der Waals surface area (Å²) in [5.41, 5.74) is 1.20. The molecule has 0 aromatic heterocycles. The van der Waals surface area contributed by atoms with Crippen molar-refractivity contribution >= 4 is 0 Å². The number of hydrogen-bond donors (Lipinski definition) is 1. The van der Waals surface area contributed by atoms with E-state index in [-0.39, 0.29) is 12.3 Å². The van der Waals surface area contributed by atoms with Crippen LogP contribution in [0.15, 0.2) is 24.3 Å². The number of hydrogen-bond acceptors (Lipinski definition) is 3. The number of rotatable bonds is 2. The molecule has 3 nitrogen and oxygen atoms in total. The van der Waals surface area contributed by atoms with Crippen LogP contribution in [0.5, 0.6) is 5.75 Å². The maximum Gasteiger partial charge on any atom is 0.118 e. The van der Waals surface area contributed by atoms with E-state index < -0.39 is 0 Å². The number of benzene rings is 1. The fourth-order valence-corrected chi connectivity index (χ4v) is 1.63. The molecule has 0 radical (unpaired) electrons. The van der Waals surface area contributed by atoms with E-state index in [0.717, 1.165) is 12.3 Å². The van der Waals surface area contributed by atoms with Crippen molar-refractivity contribution in [1.82, 2.24) is 5.32 Å². The molecule has 1 heterocycles. The van der Waals surface area contributed by atoms with Crippen LogP contribution in [0.1, 0.15) is 18.6 Å². The van der Waals surface area contributed by atoms with Gasteiger partial charge in [0.25, 0.3) is 0 Å². The molecule has 1 N–H and O–H groups in total. The zero-order valence-electron chi connectivity index (χ0n) is 8.49. The van der Waals surface area contributed by atoms with Gasteiger partial charge in [0.05, 0.1) is 13.2 Å². The zero-order valence-corrected chi connectivity index (χ0v) is 8.49. The highest BCUT2D eigenvalue weighted by Gasteiger charge is 2.22. The number of ether oxygens (including phenoxy) is 2. The van der Waals surface area contributed by atoms with Crippen molar-refractivity contribution in [3.05, 3.63) is 29.8 Å². The molecule has 2 atom stereocenters. The van der Waals surface area contributed by atoms with Gasteiger partial charge in [-0.2, -0.15) is 0 Å². The smallest absolute Gasteiger partial charge is 0.118 e. The van der Waals surface area contributed by atoms with Gasteiger partial charge in [0, 0.05) is 6.54 Å². The number of nitrogens with one attached hydrogen (secondary N) is 1. The van der Waals surface area contributed by atoms with Crippen LogP contribution in [-0.4, -0.2) is 19.9 Å². The summed E-state index contributed by atoms with van der Waals surface area (Å²) < 4.78 is 10.8. The third kappa shape index (κ3) is 1.89. The highest BCUT2D eigenvalue weighted by molar-refractivity contribution is 5.29. The van der Waals surface area contributed by atoms with Gasteiger partial charge in [0.1, 0.15) is 12.0 Å². The van der Waals surface area contributed by atoms with Gasteiger partial charge >= 0.3 is 0 Å². The molecule has 2 rings (SSSR count). The van der Waals surface area contributed by atoms with E-state index in [1.54, 1.807) is 7.11 Å². The average Bonchev–Trinajstić information content (AvgIpc) is 2.65. The van der Waals surface area contributed by atoms with Gasteiger partial charge in [0.15, 0.2) is 0 Å². The predicted octanol–water partition coefficient (Wildman–Crippen LogP) is 1.70. The molecule has 1 saturated heterocycles. The van der Waals surface area contributed by atoms with E-state index in [2.05, 4.69) is 5.32 Å². The van der Waals surface area contributed by atoms with E-state index >= 15 is 0 Å². The third-order valence-electron chi connectivity index (χ3n) is 2.45. The van der Waals surface area contributed by atoms with Crippen LogP contribution in [0, 0.1) is 0 Å². The zero-order chi connectivity index (χ0) is 9.97. The second kappa shape index (κ2) is 3.98. The van der Waals surface area contributed by atoms with Crippen molar-refractivity contribution in [2.45, 2.75) is 19.3 Å². The first-order valence-corrected chi connectivity index (χ1v) is 4.82. The number of methoxy groups -OCH3 is 1. The third-order valence-corrected chi connectivity index (χ3v) is 2.45. The molecule has 0 bridgehead atoms. The first kappa shape index (κ1) is 9.49. The van der Waals surface area contributed by atoms with Crippen LogP contribution >= 0.6 is 0 Å². The summed E-state index contributed by atoms with van der Waals surface area (Å²) in [7, 11) is 1.67. The average molecular weight is 193 g/mol. The first-order chi connectivity index (χ1) is 6.79. The van der Waals surface area contributed by atoms with Crippen molar-refractivity contribution in [1.29, 1.82) is 0 Å². The molecule has 1 aromatic carbocycles. The van der Waals surface area contributed by atoms with E-state index in [1.165, 1.54) is 5.56 Å². The Kier molecular flexibility index (Phi) is 2.70. The first-order valence-electron chi connectivity index (χ1n) is 4.82. The lowest BCUT2D eigenvalue weighted by Gasteiger charge is -2.10. The minimum absolute atomic E-state index is 0.155. The van der Waals surface area contributed by atoms with Gasteiger partial charge in [-0.1, -0.05) is 12.1 Å². The second-order valence-corrected chi connectivity index (χ2v) is 3.45. The van der Waals surface area contributed by atoms with Crippen molar-refractivity contribution < 1.29 is 9.47 Å². The Morgan fingerprint density at radius 2 is 2.07 bits per heavy atom. The minimum atomic E-state index is 0.155. The molecule has 0 amide bonds. The van der Waals surface area contributed by atoms with Gasteiger partial charge < -0.3 is 9.47 Å². The summed E-state index contributed by atoms with van der Waals surface area (Å²) in [4.78, 5) is 0. The van der Waals surface area contributed by atoms with Crippen molar-refractivity contribution in [2.24, 2.45) is 0 Å². The Balaban J connectivity index is 2.09. The highest BCUT2D eigenvalue weighted by Crippen LogP contribution is 2.24. The summed E-state index contributed by atoms with van der Waals surface area (Å²) in [6, 6.07) is 8.01. The van der Waals surface area contributed by atoms with Crippen LogP contribution in [-0.2, 0) is 4.74 Å². The monoisotopic (exact) mass is 193 g/mol. The molecule has 2 unspecified atom stereocenters. The largest absolute Gasteiger partial charge is 0.497 e. The molecule has 1 aliphatic heterocycles. The van der Waals surface area contributed by atoms with Gasteiger partial charge in [-0.3, -0.25) is 5.32 Å². The molecule has 1 aromatic rings. The predicted molar refractivity (Wildman–Crippen MR) is 54.3 cm³/mol. The van der Waals surface area contributed by atoms with Crippen molar-refractivity contribution in [3.63, 3.8) is 0 Å². The van der Waals surface area contributed by atoms with Crippen molar-refractivity contribution in [2.75, 3.05) is 13.7 Å². The topological polar surface area (TPSA) is 30.5 Å². The maximum atomic E-state index is 5.67. The molecule has 0 aliphatic carbocycles. The van der Waals surface area contributed by atoms with Crippen LogP contribution < -0.4 is 10.1 Å². The normalized spacial score (nSPS) is 26.4. The maximum absolute atomic E-state index is 5.67. The Hall–Kier alpha value is -1.06. The van der Waals surface area contributed by atoms with Gasteiger partial charge in [0.2, 0.25) is 0 Å². The SMILES string of the molecule is COc1ccc(C2CNC(C)O2)cc1. The fourth-order valence-electron chi connectivity index (χ4n) is 1.63. The standard InChI is InChI=1S/C11H15NO2/c1-8-12-7-11(14-8)9-3-5-10(13-2)6-4-9/h3-6,8,11-12H,7H2,1-2H3. The van der Waals surface area contributed by atoms with E-state index in [9.17, 15) is 0 Å². The fraction of sp³-hybridized carbons (Fsp3) is 0.455. The summed E-state index contributed by atoms with van der Waals surface area (Å²) in [6.45, 7) is 2.90. The molecule has 76 valence electrons. The van der Waals surface area contributed by atoms with Gasteiger partial charge in [-0.05, 0) is 24.6 Å². The molecule has 1 aliphatic rings. The lowest BCUT2D eigenvalue weighted by atomic mass is 10.1. The van der Waals surface area contributed by atoms with Crippen LogP contribution in [0.4, 0.5) is 0 Å². The highest BCUT2D eigenvalue weighted by atomic mass is 16.5.